The van der Waals surface area contributed by atoms with E-state index >= 15 is 0 Å². The van der Waals surface area contributed by atoms with Crippen molar-refractivity contribution in [2.24, 2.45) is 5.92 Å². The second-order valence-corrected chi connectivity index (χ2v) is 5.82. The Morgan fingerprint density at radius 3 is 2.50 bits per heavy atom. The average molecular weight is 226 g/mol. The Labute approximate surface area is 102 Å². The van der Waals surface area contributed by atoms with Crippen LogP contribution in [0.1, 0.15) is 52.9 Å². The Balaban J connectivity index is 2.36. The molecule has 1 aliphatic carbocycles. The van der Waals surface area contributed by atoms with Gasteiger partial charge in [-0.3, -0.25) is 0 Å². The Morgan fingerprint density at radius 1 is 1.25 bits per heavy atom. The molecule has 1 fully saturated rings. The summed E-state index contributed by atoms with van der Waals surface area (Å²) in [5.41, 5.74) is 0. The highest BCUT2D eigenvalue weighted by Crippen LogP contribution is 2.22. The van der Waals surface area contributed by atoms with Crippen LogP contribution in [0.5, 0.6) is 0 Å². The minimum Gasteiger partial charge on any atom is -0.311 e. The lowest BCUT2D eigenvalue weighted by molar-refractivity contribution is 0.185. The molecule has 0 bridgehead atoms. The fourth-order valence-electron chi connectivity index (χ4n) is 2.67. The highest BCUT2D eigenvalue weighted by Gasteiger charge is 2.24. The van der Waals surface area contributed by atoms with Crippen molar-refractivity contribution in [3.63, 3.8) is 0 Å². The second kappa shape index (κ2) is 6.61. The first-order valence-corrected chi connectivity index (χ1v) is 6.97. The third-order valence-electron chi connectivity index (χ3n) is 4.37. The molecule has 0 aromatic rings. The highest BCUT2D eigenvalue weighted by molar-refractivity contribution is 4.84. The van der Waals surface area contributed by atoms with Crippen molar-refractivity contribution in [3.05, 3.63) is 0 Å². The van der Waals surface area contributed by atoms with E-state index in [1.165, 1.54) is 32.1 Å². The van der Waals surface area contributed by atoms with Crippen molar-refractivity contribution in [3.8, 4) is 0 Å². The standard InChI is InChI=1S/C14H30N2/c1-6-11(2)12(3)15-13-8-7-9-14(10-13)16(4)5/h11-15H,6-10H2,1-5H3. The van der Waals surface area contributed by atoms with Gasteiger partial charge in [-0.15, -0.1) is 0 Å². The van der Waals surface area contributed by atoms with Gasteiger partial charge in [0.15, 0.2) is 0 Å². The third kappa shape index (κ3) is 4.06. The number of hydrogen-bond donors (Lipinski definition) is 1. The van der Waals surface area contributed by atoms with E-state index in [4.69, 9.17) is 0 Å². The molecule has 0 amide bonds. The van der Waals surface area contributed by atoms with Gasteiger partial charge in [0.2, 0.25) is 0 Å². The van der Waals surface area contributed by atoms with E-state index in [1.807, 2.05) is 0 Å². The van der Waals surface area contributed by atoms with Crippen LogP contribution < -0.4 is 5.32 Å². The smallest absolute Gasteiger partial charge is 0.0104 e. The van der Waals surface area contributed by atoms with Crippen LogP contribution in [0.2, 0.25) is 0 Å². The van der Waals surface area contributed by atoms with Crippen molar-refractivity contribution in [1.82, 2.24) is 10.2 Å². The molecule has 96 valence electrons. The first-order valence-electron chi connectivity index (χ1n) is 6.97. The number of nitrogens with one attached hydrogen (secondary N) is 1. The fraction of sp³-hybridized carbons (Fsp3) is 1.00. The van der Waals surface area contributed by atoms with E-state index < -0.39 is 0 Å². The van der Waals surface area contributed by atoms with Crippen LogP contribution in [0.25, 0.3) is 0 Å². The molecule has 0 aromatic carbocycles. The second-order valence-electron chi connectivity index (χ2n) is 5.82. The molecule has 1 rings (SSSR count). The van der Waals surface area contributed by atoms with E-state index in [1.54, 1.807) is 0 Å². The maximum Gasteiger partial charge on any atom is 0.0104 e. The molecule has 0 heterocycles. The van der Waals surface area contributed by atoms with Crippen molar-refractivity contribution in [2.45, 2.75) is 71.0 Å². The van der Waals surface area contributed by atoms with Crippen LogP contribution in [0, 0.1) is 5.92 Å². The topological polar surface area (TPSA) is 15.3 Å². The van der Waals surface area contributed by atoms with Crippen LogP contribution in [0.3, 0.4) is 0 Å². The number of nitrogens with zero attached hydrogens (tertiary/aromatic N) is 1. The fourth-order valence-corrected chi connectivity index (χ4v) is 2.67. The summed E-state index contributed by atoms with van der Waals surface area (Å²) in [5.74, 6) is 0.791. The summed E-state index contributed by atoms with van der Waals surface area (Å²) < 4.78 is 0. The minimum atomic E-state index is 0.663. The van der Waals surface area contributed by atoms with Gasteiger partial charge >= 0.3 is 0 Å². The van der Waals surface area contributed by atoms with Crippen LogP contribution >= 0.6 is 0 Å². The van der Waals surface area contributed by atoms with Gasteiger partial charge in [0.25, 0.3) is 0 Å². The summed E-state index contributed by atoms with van der Waals surface area (Å²) in [4.78, 5) is 2.39. The molecule has 0 spiro atoms. The molecule has 2 nitrogen and oxygen atoms in total. The van der Waals surface area contributed by atoms with Crippen LogP contribution in [0.4, 0.5) is 0 Å². The monoisotopic (exact) mass is 226 g/mol. The molecule has 1 N–H and O–H groups in total. The zero-order valence-corrected chi connectivity index (χ0v) is 11.8. The van der Waals surface area contributed by atoms with Crippen LogP contribution in [-0.2, 0) is 0 Å². The lowest BCUT2D eigenvalue weighted by Crippen LogP contribution is -2.46. The molecule has 1 saturated carbocycles. The predicted molar refractivity (Wildman–Crippen MR) is 71.8 cm³/mol. The average Bonchev–Trinajstić information content (AvgIpc) is 2.28. The normalized spacial score (nSPS) is 30.4. The highest BCUT2D eigenvalue weighted by atomic mass is 15.1. The van der Waals surface area contributed by atoms with E-state index in [2.05, 4.69) is 45.1 Å². The maximum absolute atomic E-state index is 3.83. The molecule has 16 heavy (non-hydrogen) atoms. The SMILES string of the molecule is CCC(C)C(C)NC1CCCC(N(C)C)C1. The Kier molecular flexibility index (Phi) is 5.77. The molecule has 4 unspecified atom stereocenters. The van der Waals surface area contributed by atoms with Crippen molar-refractivity contribution in [2.75, 3.05) is 14.1 Å². The van der Waals surface area contributed by atoms with Gasteiger partial charge in [0.05, 0.1) is 0 Å². The van der Waals surface area contributed by atoms with Crippen molar-refractivity contribution >= 4 is 0 Å². The summed E-state index contributed by atoms with van der Waals surface area (Å²) in [6.45, 7) is 6.98. The van der Waals surface area contributed by atoms with E-state index in [0.29, 0.717) is 6.04 Å². The Morgan fingerprint density at radius 2 is 1.94 bits per heavy atom. The first kappa shape index (κ1) is 14.0. The number of rotatable bonds is 5. The van der Waals surface area contributed by atoms with Crippen molar-refractivity contribution < 1.29 is 0 Å². The lowest BCUT2D eigenvalue weighted by Gasteiger charge is -2.36. The molecular weight excluding hydrogens is 196 g/mol. The van der Waals surface area contributed by atoms with Gasteiger partial charge in [-0.25, -0.2) is 0 Å². The Bertz CT molecular complexity index is 191. The summed E-state index contributed by atoms with van der Waals surface area (Å²) >= 11 is 0. The van der Waals surface area contributed by atoms with Gasteiger partial charge in [-0.2, -0.15) is 0 Å². The summed E-state index contributed by atoms with van der Waals surface area (Å²) in [6.07, 6.45) is 6.73. The lowest BCUT2D eigenvalue weighted by atomic mass is 9.89. The van der Waals surface area contributed by atoms with Crippen LogP contribution in [0.15, 0.2) is 0 Å². The van der Waals surface area contributed by atoms with Gasteiger partial charge in [-0.1, -0.05) is 26.7 Å². The summed E-state index contributed by atoms with van der Waals surface area (Å²) in [7, 11) is 4.43. The van der Waals surface area contributed by atoms with Gasteiger partial charge in [0.1, 0.15) is 0 Å². The molecule has 0 aliphatic heterocycles. The van der Waals surface area contributed by atoms with E-state index in [9.17, 15) is 0 Å². The third-order valence-corrected chi connectivity index (χ3v) is 4.37. The zero-order valence-electron chi connectivity index (χ0n) is 11.8. The zero-order chi connectivity index (χ0) is 12.1. The molecule has 4 atom stereocenters. The molecule has 0 aromatic heterocycles. The van der Waals surface area contributed by atoms with Gasteiger partial charge in [0, 0.05) is 18.1 Å². The van der Waals surface area contributed by atoms with Crippen molar-refractivity contribution in [1.29, 1.82) is 0 Å². The van der Waals surface area contributed by atoms with Gasteiger partial charge < -0.3 is 10.2 Å². The van der Waals surface area contributed by atoms with E-state index in [-0.39, 0.29) is 0 Å². The molecule has 0 radical (unpaired) electrons. The molecule has 0 saturated heterocycles. The molecular formula is C14H30N2. The predicted octanol–water partition coefficient (Wildman–Crippen LogP) is 2.88. The van der Waals surface area contributed by atoms with Crippen LogP contribution in [-0.4, -0.2) is 37.1 Å². The summed E-state index contributed by atoms with van der Waals surface area (Å²) in [5, 5.41) is 3.83. The number of hydrogen-bond acceptors (Lipinski definition) is 2. The quantitative estimate of drug-likeness (QED) is 0.775. The minimum absolute atomic E-state index is 0.663. The first-order chi connectivity index (χ1) is 7.54. The molecule has 1 aliphatic rings. The van der Waals surface area contributed by atoms with Gasteiger partial charge in [-0.05, 0) is 46.2 Å². The van der Waals surface area contributed by atoms with E-state index in [0.717, 1.165) is 18.0 Å². The summed E-state index contributed by atoms with van der Waals surface area (Å²) in [6, 6.07) is 2.19. The Hall–Kier alpha value is -0.0800. The maximum atomic E-state index is 3.83. The molecule has 2 heteroatoms. The largest absolute Gasteiger partial charge is 0.311 e.